The van der Waals surface area contributed by atoms with E-state index in [-0.39, 0.29) is 11.9 Å². The number of carbonyl (C=O) groups excluding carboxylic acids is 1. The molecule has 0 bridgehead atoms. The van der Waals surface area contributed by atoms with Crippen LogP contribution in [-0.4, -0.2) is 30.6 Å². The minimum atomic E-state index is -0.556. The first-order chi connectivity index (χ1) is 10.6. The number of amides is 2. The summed E-state index contributed by atoms with van der Waals surface area (Å²) in [4.78, 5) is 13.9. The van der Waals surface area contributed by atoms with Gasteiger partial charge in [-0.25, -0.2) is 4.79 Å². The number of likely N-dealkylation sites (tertiary alicyclic amines) is 1. The van der Waals surface area contributed by atoms with Crippen LogP contribution in [-0.2, 0) is 5.41 Å². The lowest BCUT2D eigenvalue weighted by atomic mass is 9.70. The average molecular weight is 299 g/mol. The molecule has 118 valence electrons. The van der Waals surface area contributed by atoms with Crippen LogP contribution in [0.1, 0.15) is 38.7 Å². The number of benzene rings is 1. The molecule has 1 atom stereocenters. The van der Waals surface area contributed by atoms with Gasteiger partial charge in [0.25, 0.3) is 0 Å². The molecule has 0 radical (unpaired) electrons. The van der Waals surface area contributed by atoms with E-state index in [2.05, 4.69) is 25.2 Å². The minimum Gasteiger partial charge on any atom is -0.338 e. The molecule has 0 aromatic heterocycles. The maximum absolute atomic E-state index is 12.1. The number of hydrogen-bond acceptors (Lipinski definition) is 2. The van der Waals surface area contributed by atoms with Crippen molar-refractivity contribution in [2.75, 3.05) is 19.6 Å². The zero-order chi connectivity index (χ0) is 16.0. The normalized spacial score (nSPS) is 17.1. The summed E-state index contributed by atoms with van der Waals surface area (Å²) in [7, 11) is 0. The van der Waals surface area contributed by atoms with Crippen LogP contribution in [0.25, 0.3) is 0 Å². The number of hydrogen-bond donors (Lipinski definition) is 1. The molecule has 4 nitrogen and oxygen atoms in total. The van der Waals surface area contributed by atoms with Crippen molar-refractivity contribution in [3.8, 4) is 6.07 Å². The largest absolute Gasteiger partial charge is 0.338 e. The molecule has 2 rings (SSSR count). The molecule has 1 aromatic rings. The van der Waals surface area contributed by atoms with Crippen LogP contribution >= 0.6 is 0 Å². The SMILES string of the molecule is CC(C)C(C#N)(CCNC(=O)N1CCCC1)c1ccccc1. The summed E-state index contributed by atoms with van der Waals surface area (Å²) in [5.74, 6) is 0.184. The molecule has 1 fully saturated rings. The number of nitrogens with zero attached hydrogens (tertiary/aromatic N) is 2. The highest BCUT2D eigenvalue weighted by Crippen LogP contribution is 2.34. The molecule has 1 aromatic carbocycles. The fourth-order valence-electron chi connectivity index (χ4n) is 3.15. The quantitative estimate of drug-likeness (QED) is 0.907. The Bertz CT molecular complexity index is 529. The van der Waals surface area contributed by atoms with Gasteiger partial charge in [-0.15, -0.1) is 0 Å². The molecule has 22 heavy (non-hydrogen) atoms. The first kappa shape index (κ1) is 16.4. The van der Waals surface area contributed by atoms with E-state index in [9.17, 15) is 10.1 Å². The van der Waals surface area contributed by atoms with Crippen molar-refractivity contribution < 1.29 is 4.79 Å². The van der Waals surface area contributed by atoms with Gasteiger partial charge in [0, 0.05) is 19.6 Å². The van der Waals surface area contributed by atoms with Crippen molar-refractivity contribution in [1.29, 1.82) is 5.26 Å². The van der Waals surface area contributed by atoms with Crippen LogP contribution in [0, 0.1) is 17.2 Å². The van der Waals surface area contributed by atoms with Crippen LogP contribution < -0.4 is 5.32 Å². The molecule has 0 saturated carbocycles. The van der Waals surface area contributed by atoms with E-state index in [4.69, 9.17) is 0 Å². The fourth-order valence-corrected chi connectivity index (χ4v) is 3.15. The molecule has 1 heterocycles. The summed E-state index contributed by atoms with van der Waals surface area (Å²) in [6.07, 6.45) is 2.81. The topological polar surface area (TPSA) is 56.1 Å². The van der Waals surface area contributed by atoms with Gasteiger partial charge in [0.2, 0.25) is 0 Å². The molecule has 1 saturated heterocycles. The van der Waals surface area contributed by atoms with Crippen molar-refractivity contribution in [1.82, 2.24) is 10.2 Å². The molecular weight excluding hydrogens is 274 g/mol. The Hall–Kier alpha value is -2.02. The first-order valence-electron chi connectivity index (χ1n) is 8.09. The first-order valence-corrected chi connectivity index (χ1v) is 8.09. The molecule has 1 unspecified atom stereocenters. The molecule has 0 aliphatic carbocycles. The predicted molar refractivity (Wildman–Crippen MR) is 87.4 cm³/mol. The van der Waals surface area contributed by atoms with Gasteiger partial charge in [-0.1, -0.05) is 44.2 Å². The van der Waals surface area contributed by atoms with Crippen LogP contribution in [0.15, 0.2) is 30.3 Å². The third-order valence-corrected chi connectivity index (χ3v) is 4.66. The zero-order valence-corrected chi connectivity index (χ0v) is 13.5. The Balaban J connectivity index is 2.02. The molecule has 2 amide bonds. The van der Waals surface area contributed by atoms with E-state index in [0.29, 0.717) is 13.0 Å². The summed E-state index contributed by atoms with van der Waals surface area (Å²) >= 11 is 0. The third kappa shape index (κ3) is 3.41. The predicted octanol–water partition coefficient (Wildman–Crippen LogP) is 3.30. The summed E-state index contributed by atoms with van der Waals surface area (Å²) < 4.78 is 0. The van der Waals surface area contributed by atoms with Crippen molar-refractivity contribution >= 4 is 6.03 Å². The lowest BCUT2D eigenvalue weighted by Gasteiger charge is -2.31. The van der Waals surface area contributed by atoms with Crippen molar-refractivity contribution in [2.45, 2.75) is 38.5 Å². The standard InChI is InChI=1S/C18H25N3O/c1-15(2)18(14-19,16-8-4-3-5-9-16)10-11-20-17(22)21-12-6-7-13-21/h3-5,8-9,15H,6-7,10-13H2,1-2H3,(H,20,22). The number of carbonyl (C=O) groups is 1. The smallest absolute Gasteiger partial charge is 0.317 e. The molecule has 1 N–H and O–H groups in total. The Kier molecular flexibility index (Phi) is 5.43. The number of nitriles is 1. The molecule has 1 aliphatic rings. The van der Waals surface area contributed by atoms with Crippen LogP contribution in [0.3, 0.4) is 0 Å². The van der Waals surface area contributed by atoms with E-state index in [1.165, 1.54) is 0 Å². The van der Waals surface area contributed by atoms with Gasteiger partial charge < -0.3 is 10.2 Å². The van der Waals surface area contributed by atoms with Crippen LogP contribution in [0.4, 0.5) is 4.79 Å². The highest BCUT2D eigenvalue weighted by atomic mass is 16.2. The Morgan fingerprint density at radius 2 is 1.95 bits per heavy atom. The highest BCUT2D eigenvalue weighted by molar-refractivity contribution is 5.74. The molecular formula is C18H25N3O. The fraction of sp³-hybridized carbons (Fsp3) is 0.556. The molecule has 1 aliphatic heterocycles. The number of rotatable bonds is 5. The summed E-state index contributed by atoms with van der Waals surface area (Å²) in [6.45, 7) is 6.35. The lowest BCUT2D eigenvalue weighted by Crippen LogP contribution is -2.41. The second-order valence-electron chi connectivity index (χ2n) is 6.28. The van der Waals surface area contributed by atoms with Gasteiger partial charge >= 0.3 is 6.03 Å². The van der Waals surface area contributed by atoms with E-state index < -0.39 is 5.41 Å². The van der Waals surface area contributed by atoms with Gasteiger partial charge in [-0.05, 0) is 30.7 Å². The van der Waals surface area contributed by atoms with Crippen molar-refractivity contribution in [2.24, 2.45) is 5.92 Å². The number of nitrogens with one attached hydrogen (secondary N) is 1. The molecule has 0 spiro atoms. The lowest BCUT2D eigenvalue weighted by molar-refractivity contribution is 0.207. The Labute approximate surface area is 133 Å². The Morgan fingerprint density at radius 3 is 2.50 bits per heavy atom. The van der Waals surface area contributed by atoms with Crippen molar-refractivity contribution in [3.05, 3.63) is 35.9 Å². The Morgan fingerprint density at radius 1 is 1.32 bits per heavy atom. The van der Waals surface area contributed by atoms with Crippen molar-refractivity contribution in [3.63, 3.8) is 0 Å². The van der Waals surface area contributed by atoms with E-state index in [1.807, 2.05) is 35.2 Å². The summed E-state index contributed by atoms with van der Waals surface area (Å²) in [6, 6.07) is 12.4. The van der Waals surface area contributed by atoms with Gasteiger partial charge in [0.1, 0.15) is 0 Å². The maximum atomic E-state index is 12.1. The van der Waals surface area contributed by atoms with E-state index in [1.54, 1.807) is 0 Å². The summed E-state index contributed by atoms with van der Waals surface area (Å²) in [5, 5.41) is 12.8. The monoisotopic (exact) mass is 299 g/mol. The van der Waals surface area contributed by atoms with Crippen LogP contribution in [0.2, 0.25) is 0 Å². The maximum Gasteiger partial charge on any atom is 0.317 e. The second kappa shape index (κ2) is 7.31. The van der Waals surface area contributed by atoms with E-state index >= 15 is 0 Å². The van der Waals surface area contributed by atoms with Gasteiger partial charge in [0.05, 0.1) is 11.5 Å². The minimum absolute atomic E-state index is 0.00107. The average Bonchev–Trinajstić information content (AvgIpc) is 3.06. The zero-order valence-electron chi connectivity index (χ0n) is 13.5. The van der Waals surface area contributed by atoms with Gasteiger partial charge in [-0.2, -0.15) is 5.26 Å². The van der Waals surface area contributed by atoms with Gasteiger partial charge in [0.15, 0.2) is 0 Å². The molecule has 4 heteroatoms. The van der Waals surface area contributed by atoms with Gasteiger partial charge in [-0.3, -0.25) is 0 Å². The van der Waals surface area contributed by atoms with Crippen LogP contribution in [0.5, 0.6) is 0 Å². The summed E-state index contributed by atoms with van der Waals surface area (Å²) in [5.41, 5.74) is 0.474. The number of urea groups is 1. The highest BCUT2D eigenvalue weighted by Gasteiger charge is 2.35. The van der Waals surface area contributed by atoms with E-state index in [0.717, 1.165) is 31.5 Å². The second-order valence-corrected chi connectivity index (χ2v) is 6.28. The third-order valence-electron chi connectivity index (χ3n) is 4.66.